The maximum atomic E-state index is 12.9. The monoisotopic (exact) mass is 432 g/mol. The first-order valence-corrected chi connectivity index (χ1v) is 11.3. The second-order valence-corrected chi connectivity index (χ2v) is 9.17. The van der Waals surface area contributed by atoms with Crippen LogP contribution in [-0.2, 0) is 19.4 Å². The van der Waals surface area contributed by atoms with Gasteiger partial charge in [0.2, 0.25) is 0 Å². The lowest BCUT2D eigenvalue weighted by Crippen LogP contribution is -2.13. The molecule has 2 heterocycles. The highest BCUT2D eigenvalue weighted by molar-refractivity contribution is 7.18. The smallest absolute Gasteiger partial charge is 0.260 e. The third-order valence-electron chi connectivity index (χ3n) is 5.84. The first-order valence-electron chi connectivity index (χ1n) is 10.5. The van der Waals surface area contributed by atoms with Gasteiger partial charge in [-0.1, -0.05) is 37.3 Å². The van der Waals surface area contributed by atoms with E-state index < -0.39 is 0 Å². The zero-order valence-electron chi connectivity index (χ0n) is 17.6. The van der Waals surface area contributed by atoms with Gasteiger partial charge >= 0.3 is 0 Å². The predicted octanol–water partition coefficient (Wildman–Crippen LogP) is 5.36. The average Bonchev–Trinajstić information content (AvgIpc) is 3.16. The number of H-pyrrole nitrogens is 1. The van der Waals surface area contributed by atoms with Crippen LogP contribution in [0.15, 0.2) is 53.3 Å². The van der Waals surface area contributed by atoms with Crippen molar-refractivity contribution >= 4 is 21.6 Å². The fourth-order valence-electron chi connectivity index (χ4n) is 4.15. The van der Waals surface area contributed by atoms with Crippen LogP contribution in [-0.4, -0.2) is 17.1 Å². The zero-order chi connectivity index (χ0) is 21.4. The average molecular weight is 433 g/mol. The van der Waals surface area contributed by atoms with E-state index in [0.717, 1.165) is 40.6 Å². The number of hydrogen-bond acceptors (Lipinski definition) is 5. The van der Waals surface area contributed by atoms with Crippen molar-refractivity contribution in [2.24, 2.45) is 5.92 Å². The first kappa shape index (κ1) is 19.8. The van der Waals surface area contributed by atoms with Crippen molar-refractivity contribution in [3.63, 3.8) is 0 Å². The summed E-state index contributed by atoms with van der Waals surface area (Å²) in [5.74, 6) is 2.47. The van der Waals surface area contributed by atoms with Crippen LogP contribution >= 0.6 is 11.3 Å². The van der Waals surface area contributed by atoms with Crippen LogP contribution in [0, 0.1) is 5.92 Å². The number of nitrogens with zero attached hydrogens (tertiary/aromatic N) is 1. The van der Waals surface area contributed by atoms with Gasteiger partial charge in [-0.2, -0.15) is 0 Å². The molecule has 0 radical (unpaired) electrons. The summed E-state index contributed by atoms with van der Waals surface area (Å²) in [4.78, 5) is 22.8. The number of ether oxygens (including phenoxy) is 2. The van der Waals surface area contributed by atoms with Gasteiger partial charge in [0.05, 0.1) is 12.5 Å². The van der Waals surface area contributed by atoms with E-state index in [2.05, 4.69) is 11.9 Å². The van der Waals surface area contributed by atoms with E-state index >= 15 is 0 Å². The van der Waals surface area contributed by atoms with E-state index in [4.69, 9.17) is 14.5 Å². The molecule has 0 aliphatic heterocycles. The number of aryl methyl sites for hydroxylation is 1. The Morgan fingerprint density at radius 2 is 2.00 bits per heavy atom. The molecule has 0 unspecified atom stereocenters. The summed E-state index contributed by atoms with van der Waals surface area (Å²) in [7, 11) is 1.61. The second kappa shape index (κ2) is 8.19. The Kier molecular flexibility index (Phi) is 5.24. The fourth-order valence-corrected chi connectivity index (χ4v) is 5.54. The van der Waals surface area contributed by atoms with Gasteiger partial charge in [0.15, 0.2) is 11.5 Å². The second-order valence-electron chi connectivity index (χ2n) is 8.09. The molecule has 0 bridgehead atoms. The van der Waals surface area contributed by atoms with Crippen molar-refractivity contribution in [2.75, 3.05) is 7.11 Å². The lowest BCUT2D eigenvalue weighted by Gasteiger charge is -2.17. The van der Waals surface area contributed by atoms with Crippen LogP contribution in [0.1, 0.15) is 29.3 Å². The summed E-state index contributed by atoms with van der Waals surface area (Å²) in [5, 5.41) is 0.769. The molecule has 0 amide bonds. The molecule has 5 nitrogen and oxygen atoms in total. The Bertz CT molecular complexity index is 1290. The number of fused-ring (bicyclic) bond motifs is 3. The highest BCUT2D eigenvalue weighted by Crippen LogP contribution is 2.37. The summed E-state index contributed by atoms with van der Waals surface area (Å²) in [6, 6.07) is 15.6. The third-order valence-corrected chi connectivity index (χ3v) is 6.99. The topological polar surface area (TPSA) is 64.2 Å². The summed E-state index contributed by atoms with van der Waals surface area (Å²) >= 11 is 1.66. The number of aromatic nitrogens is 2. The molecule has 1 N–H and O–H groups in total. The maximum Gasteiger partial charge on any atom is 0.260 e. The Balaban J connectivity index is 1.47. The Hall–Kier alpha value is -3.12. The third kappa shape index (κ3) is 3.83. The van der Waals surface area contributed by atoms with Gasteiger partial charge in [-0.05, 0) is 54.5 Å². The summed E-state index contributed by atoms with van der Waals surface area (Å²) in [6.45, 7) is 2.72. The quantitative estimate of drug-likeness (QED) is 0.461. The first-order chi connectivity index (χ1) is 15.1. The molecule has 1 aliphatic rings. The number of hydrogen-bond donors (Lipinski definition) is 1. The molecular weight excluding hydrogens is 408 g/mol. The van der Waals surface area contributed by atoms with Crippen molar-refractivity contribution in [1.82, 2.24) is 9.97 Å². The van der Waals surface area contributed by atoms with E-state index in [-0.39, 0.29) is 5.56 Å². The van der Waals surface area contributed by atoms with Crippen molar-refractivity contribution in [3.05, 3.63) is 74.9 Å². The molecule has 0 fully saturated rings. The molecule has 0 saturated carbocycles. The molecule has 1 aliphatic carbocycles. The molecule has 4 aromatic rings. The molecule has 2 aromatic heterocycles. The molecule has 2 aromatic carbocycles. The van der Waals surface area contributed by atoms with Gasteiger partial charge < -0.3 is 14.5 Å². The van der Waals surface area contributed by atoms with Gasteiger partial charge in [-0.25, -0.2) is 4.98 Å². The Labute approximate surface area is 184 Å². The Morgan fingerprint density at radius 3 is 2.81 bits per heavy atom. The van der Waals surface area contributed by atoms with E-state index in [1.165, 1.54) is 10.4 Å². The lowest BCUT2D eigenvalue weighted by molar-refractivity contribution is 0.284. The molecule has 31 heavy (non-hydrogen) atoms. The maximum absolute atomic E-state index is 12.9. The van der Waals surface area contributed by atoms with Gasteiger partial charge in [-0.15, -0.1) is 11.3 Å². The molecule has 0 saturated heterocycles. The van der Waals surface area contributed by atoms with Gasteiger partial charge in [0.25, 0.3) is 5.56 Å². The van der Waals surface area contributed by atoms with Crippen molar-refractivity contribution < 1.29 is 9.47 Å². The highest BCUT2D eigenvalue weighted by Gasteiger charge is 2.23. The van der Waals surface area contributed by atoms with Crippen molar-refractivity contribution in [3.8, 4) is 22.9 Å². The number of thiophene rings is 1. The van der Waals surface area contributed by atoms with E-state index in [1.807, 2.05) is 48.5 Å². The minimum atomic E-state index is -0.0598. The Morgan fingerprint density at radius 1 is 1.16 bits per heavy atom. The summed E-state index contributed by atoms with van der Waals surface area (Å²) in [6.07, 6.45) is 3.12. The van der Waals surface area contributed by atoms with Crippen molar-refractivity contribution in [2.45, 2.75) is 32.8 Å². The lowest BCUT2D eigenvalue weighted by atomic mass is 9.89. The van der Waals surface area contributed by atoms with Crippen LogP contribution in [0.25, 0.3) is 21.6 Å². The normalized spacial score (nSPS) is 15.6. The van der Waals surface area contributed by atoms with Crippen LogP contribution < -0.4 is 15.0 Å². The number of aromatic amines is 1. The summed E-state index contributed by atoms with van der Waals surface area (Å²) < 4.78 is 11.5. The van der Waals surface area contributed by atoms with E-state index in [0.29, 0.717) is 29.8 Å². The predicted molar refractivity (Wildman–Crippen MR) is 124 cm³/mol. The van der Waals surface area contributed by atoms with Gasteiger partial charge in [0.1, 0.15) is 17.3 Å². The molecule has 1 atom stereocenters. The number of nitrogens with one attached hydrogen (secondary N) is 1. The molecule has 0 spiro atoms. The zero-order valence-corrected chi connectivity index (χ0v) is 18.4. The minimum Gasteiger partial charge on any atom is -0.493 e. The van der Waals surface area contributed by atoms with Crippen LogP contribution in [0.4, 0.5) is 0 Å². The molecule has 5 rings (SSSR count). The van der Waals surface area contributed by atoms with E-state index in [1.54, 1.807) is 18.4 Å². The van der Waals surface area contributed by atoms with Crippen LogP contribution in [0.2, 0.25) is 0 Å². The largest absolute Gasteiger partial charge is 0.493 e. The van der Waals surface area contributed by atoms with Gasteiger partial charge in [0, 0.05) is 10.4 Å². The van der Waals surface area contributed by atoms with Gasteiger partial charge in [-0.3, -0.25) is 4.79 Å². The van der Waals surface area contributed by atoms with Crippen LogP contribution in [0.5, 0.6) is 11.5 Å². The van der Waals surface area contributed by atoms with Crippen molar-refractivity contribution in [1.29, 1.82) is 0 Å². The SMILES string of the molecule is COc1cc(-c2nc3sc4c(c3c(=O)[nH]2)CC[C@@H](C)C4)ccc1OCc1ccccc1. The molecule has 6 heteroatoms. The molecular formula is C25H24N2O3S. The summed E-state index contributed by atoms with van der Waals surface area (Å²) in [5.41, 5.74) is 3.01. The fraction of sp³-hybridized carbons (Fsp3) is 0.280. The van der Waals surface area contributed by atoms with Crippen LogP contribution in [0.3, 0.4) is 0 Å². The minimum absolute atomic E-state index is 0.0598. The number of benzene rings is 2. The highest BCUT2D eigenvalue weighted by atomic mass is 32.1. The standard InChI is InChI=1S/C25H24N2O3S/c1-15-8-10-18-21(12-15)31-25-22(18)24(28)26-23(27-25)17-9-11-19(20(13-17)29-2)30-14-16-6-4-3-5-7-16/h3-7,9,11,13,15H,8,10,12,14H2,1-2H3,(H,26,27,28)/t15-/m1/s1. The molecule has 158 valence electrons. The number of methoxy groups -OCH3 is 1. The van der Waals surface area contributed by atoms with E-state index in [9.17, 15) is 4.79 Å². The number of rotatable bonds is 5.